The molecule has 0 atom stereocenters. The quantitative estimate of drug-likeness (QED) is 0.603. The molecule has 0 saturated heterocycles. The standard InChI is InChI=1S/C24H30N2O6/c1-4-11-30-19-9-7-17(14-21(19)29-6-3)24(28)26(5-2)16-23(27)25-18-8-10-20-22(15-18)32-13-12-31-20/h7-10,14-15H,4-6,11-13,16H2,1-3H3,(H,25,27). The highest BCUT2D eigenvalue weighted by Crippen LogP contribution is 2.32. The SMILES string of the molecule is CCCOc1ccc(C(=O)N(CC)CC(=O)Nc2ccc3c(c2)OCCO3)cc1OCC. The maximum Gasteiger partial charge on any atom is 0.254 e. The van der Waals surface area contributed by atoms with Gasteiger partial charge in [0.15, 0.2) is 23.0 Å². The normalized spacial score (nSPS) is 12.1. The minimum Gasteiger partial charge on any atom is -0.490 e. The number of amides is 2. The van der Waals surface area contributed by atoms with E-state index in [0.29, 0.717) is 67.2 Å². The van der Waals surface area contributed by atoms with Crippen LogP contribution in [-0.2, 0) is 4.79 Å². The predicted octanol–water partition coefficient (Wildman–Crippen LogP) is 3.75. The van der Waals surface area contributed by atoms with Crippen LogP contribution in [0.1, 0.15) is 37.6 Å². The van der Waals surface area contributed by atoms with E-state index in [1.54, 1.807) is 36.4 Å². The Hall–Kier alpha value is -3.42. The van der Waals surface area contributed by atoms with Crippen molar-refractivity contribution in [1.82, 2.24) is 4.90 Å². The number of fused-ring (bicyclic) bond motifs is 1. The molecule has 3 rings (SSSR count). The van der Waals surface area contributed by atoms with Crippen LogP contribution in [0.25, 0.3) is 0 Å². The largest absolute Gasteiger partial charge is 0.490 e. The van der Waals surface area contributed by atoms with E-state index < -0.39 is 0 Å². The van der Waals surface area contributed by atoms with Gasteiger partial charge in [0.1, 0.15) is 19.8 Å². The number of nitrogens with zero attached hydrogens (tertiary/aromatic N) is 1. The van der Waals surface area contributed by atoms with Crippen LogP contribution in [0.4, 0.5) is 5.69 Å². The first-order valence-corrected chi connectivity index (χ1v) is 10.9. The summed E-state index contributed by atoms with van der Waals surface area (Å²) in [6.45, 7) is 8.01. The van der Waals surface area contributed by atoms with E-state index in [4.69, 9.17) is 18.9 Å². The molecule has 8 heteroatoms. The van der Waals surface area contributed by atoms with Gasteiger partial charge >= 0.3 is 0 Å². The van der Waals surface area contributed by atoms with Gasteiger partial charge in [0.2, 0.25) is 5.91 Å². The average molecular weight is 443 g/mol. The first-order valence-electron chi connectivity index (χ1n) is 10.9. The van der Waals surface area contributed by atoms with Crippen LogP contribution in [0, 0.1) is 0 Å². The third-order valence-corrected chi connectivity index (χ3v) is 4.78. The van der Waals surface area contributed by atoms with Crippen LogP contribution < -0.4 is 24.3 Å². The van der Waals surface area contributed by atoms with E-state index in [-0.39, 0.29) is 18.4 Å². The van der Waals surface area contributed by atoms with Crippen LogP contribution in [0.2, 0.25) is 0 Å². The number of anilines is 1. The molecule has 1 aliphatic rings. The average Bonchev–Trinajstić information content (AvgIpc) is 2.81. The van der Waals surface area contributed by atoms with Gasteiger partial charge < -0.3 is 29.2 Å². The molecule has 2 aromatic carbocycles. The number of likely N-dealkylation sites (N-methyl/N-ethyl adjacent to an activating group) is 1. The summed E-state index contributed by atoms with van der Waals surface area (Å²) in [5.74, 6) is 1.80. The first kappa shape index (κ1) is 23.2. The predicted molar refractivity (Wildman–Crippen MR) is 121 cm³/mol. The number of hydrogen-bond donors (Lipinski definition) is 1. The summed E-state index contributed by atoms with van der Waals surface area (Å²) >= 11 is 0. The lowest BCUT2D eigenvalue weighted by atomic mass is 10.1. The van der Waals surface area contributed by atoms with Crippen molar-refractivity contribution in [3.63, 3.8) is 0 Å². The highest BCUT2D eigenvalue weighted by atomic mass is 16.6. The molecule has 1 N–H and O–H groups in total. The third-order valence-electron chi connectivity index (χ3n) is 4.78. The van der Waals surface area contributed by atoms with E-state index in [0.717, 1.165) is 6.42 Å². The minimum atomic E-state index is -0.301. The maximum absolute atomic E-state index is 13.1. The molecule has 2 aromatic rings. The number of carbonyl (C=O) groups excluding carboxylic acids is 2. The molecule has 8 nitrogen and oxygen atoms in total. The molecule has 1 heterocycles. The third kappa shape index (κ3) is 5.84. The molecule has 32 heavy (non-hydrogen) atoms. The summed E-state index contributed by atoms with van der Waals surface area (Å²) in [6.07, 6.45) is 0.869. The van der Waals surface area contributed by atoms with Gasteiger partial charge in [0.25, 0.3) is 5.91 Å². The fourth-order valence-corrected chi connectivity index (χ4v) is 3.25. The number of nitrogens with one attached hydrogen (secondary N) is 1. The number of ether oxygens (including phenoxy) is 4. The lowest BCUT2D eigenvalue weighted by Gasteiger charge is -2.22. The molecule has 172 valence electrons. The van der Waals surface area contributed by atoms with Gasteiger partial charge in [-0.15, -0.1) is 0 Å². The number of benzene rings is 2. The van der Waals surface area contributed by atoms with Gasteiger partial charge in [0.05, 0.1) is 13.2 Å². The van der Waals surface area contributed by atoms with Crippen molar-refractivity contribution in [2.75, 3.05) is 44.8 Å². The van der Waals surface area contributed by atoms with E-state index in [2.05, 4.69) is 5.32 Å². The summed E-state index contributed by atoms with van der Waals surface area (Å²) in [4.78, 5) is 27.1. The minimum absolute atomic E-state index is 0.0815. The molecule has 0 spiro atoms. The molecular weight excluding hydrogens is 412 g/mol. The molecular formula is C24H30N2O6. The zero-order valence-electron chi connectivity index (χ0n) is 18.8. The van der Waals surface area contributed by atoms with Crippen molar-refractivity contribution in [1.29, 1.82) is 0 Å². The van der Waals surface area contributed by atoms with Gasteiger partial charge in [-0.1, -0.05) is 6.92 Å². The second-order valence-corrected chi connectivity index (χ2v) is 7.17. The first-order chi connectivity index (χ1) is 15.5. The van der Waals surface area contributed by atoms with E-state index >= 15 is 0 Å². The Morgan fingerprint density at radius 2 is 1.75 bits per heavy atom. The molecule has 0 unspecified atom stereocenters. The fraction of sp³-hybridized carbons (Fsp3) is 0.417. The zero-order chi connectivity index (χ0) is 22.9. The van der Waals surface area contributed by atoms with Crippen LogP contribution in [0.15, 0.2) is 36.4 Å². The summed E-state index contributed by atoms with van der Waals surface area (Å²) in [5, 5.41) is 2.81. The Morgan fingerprint density at radius 3 is 2.47 bits per heavy atom. The maximum atomic E-state index is 13.1. The van der Waals surface area contributed by atoms with Crippen molar-refractivity contribution in [2.45, 2.75) is 27.2 Å². The Bertz CT molecular complexity index is 946. The van der Waals surface area contributed by atoms with Crippen molar-refractivity contribution in [3.8, 4) is 23.0 Å². The Balaban J connectivity index is 1.67. The lowest BCUT2D eigenvalue weighted by molar-refractivity contribution is -0.116. The highest BCUT2D eigenvalue weighted by molar-refractivity contribution is 5.99. The molecule has 0 aliphatic carbocycles. The van der Waals surface area contributed by atoms with Crippen LogP contribution >= 0.6 is 0 Å². The summed E-state index contributed by atoms with van der Waals surface area (Å²) < 4.78 is 22.4. The zero-order valence-corrected chi connectivity index (χ0v) is 18.8. The summed E-state index contributed by atoms with van der Waals surface area (Å²) in [7, 11) is 0. The van der Waals surface area contributed by atoms with E-state index in [9.17, 15) is 9.59 Å². The molecule has 0 bridgehead atoms. The monoisotopic (exact) mass is 442 g/mol. The number of hydrogen-bond acceptors (Lipinski definition) is 6. The molecule has 0 radical (unpaired) electrons. The van der Waals surface area contributed by atoms with Gasteiger partial charge in [0, 0.05) is 23.9 Å². The fourth-order valence-electron chi connectivity index (χ4n) is 3.25. The molecule has 0 saturated carbocycles. The van der Waals surface area contributed by atoms with Crippen LogP contribution in [-0.4, -0.2) is 56.2 Å². The second kappa shape index (κ2) is 11.3. The topological polar surface area (TPSA) is 86.3 Å². The Kier molecular flexibility index (Phi) is 8.19. The highest BCUT2D eigenvalue weighted by Gasteiger charge is 2.20. The molecule has 0 fully saturated rings. The number of carbonyl (C=O) groups is 2. The molecule has 1 aliphatic heterocycles. The van der Waals surface area contributed by atoms with Crippen molar-refractivity contribution in [3.05, 3.63) is 42.0 Å². The number of rotatable bonds is 10. The van der Waals surface area contributed by atoms with Crippen LogP contribution in [0.3, 0.4) is 0 Å². The molecule has 0 aromatic heterocycles. The Labute approximate surface area is 188 Å². The molecule has 2 amide bonds. The smallest absolute Gasteiger partial charge is 0.254 e. The van der Waals surface area contributed by atoms with Crippen molar-refractivity contribution < 1.29 is 28.5 Å². The van der Waals surface area contributed by atoms with Crippen molar-refractivity contribution >= 4 is 17.5 Å². The van der Waals surface area contributed by atoms with E-state index in [1.165, 1.54) is 4.90 Å². The Morgan fingerprint density at radius 1 is 0.969 bits per heavy atom. The van der Waals surface area contributed by atoms with Gasteiger partial charge in [-0.25, -0.2) is 0 Å². The van der Waals surface area contributed by atoms with Gasteiger partial charge in [-0.05, 0) is 50.6 Å². The summed E-state index contributed by atoms with van der Waals surface area (Å²) in [5.41, 5.74) is 1.02. The lowest BCUT2D eigenvalue weighted by Crippen LogP contribution is -2.37. The second-order valence-electron chi connectivity index (χ2n) is 7.17. The van der Waals surface area contributed by atoms with Crippen molar-refractivity contribution in [2.24, 2.45) is 0 Å². The summed E-state index contributed by atoms with van der Waals surface area (Å²) in [6, 6.07) is 10.3. The van der Waals surface area contributed by atoms with Gasteiger partial charge in [-0.2, -0.15) is 0 Å². The van der Waals surface area contributed by atoms with Crippen LogP contribution in [0.5, 0.6) is 23.0 Å². The van der Waals surface area contributed by atoms with Gasteiger partial charge in [-0.3, -0.25) is 9.59 Å². The van der Waals surface area contributed by atoms with E-state index in [1.807, 2.05) is 20.8 Å².